The molecule has 1 aromatic rings. The van der Waals surface area contributed by atoms with Gasteiger partial charge >= 0.3 is 5.97 Å². The van der Waals surface area contributed by atoms with Crippen molar-refractivity contribution in [2.45, 2.75) is 36.8 Å². The van der Waals surface area contributed by atoms with Gasteiger partial charge < -0.3 is 9.84 Å². The Morgan fingerprint density at radius 2 is 2.05 bits per heavy atom. The van der Waals surface area contributed by atoms with Crippen LogP contribution in [0.25, 0.3) is 0 Å². The Morgan fingerprint density at radius 1 is 1.40 bits per heavy atom. The lowest BCUT2D eigenvalue weighted by Gasteiger charge is -2.16. The number of hydrogen-bond acceptors (Lipinski definition) is 4. The highest BCUT2D eigenvalue weighted by molar-refractivity contribution is 7.89. The average Bonchev–Trinajstić information content (AvgIpc) is 2.74. The number of sulfonamides is 1. The molecule has 1 aliphatic rings. The van der Waals surface area contributed by atoms with Crippen molar-refractivity contribution in [2.24, 2.45) is 0 Å². The molecule has 2 N–H and O–H groups in total. The van der Waals surface area contributed by atoms with Gasteiger partial charge in [-0.2, -0.15) is 0 Å². The molecule has 1 saturated heterocycles. The van der Waals surface area contributed by atoms with Gasteiger partial charge in [0.05, 0.1) is 23.5 Å². The second-order valence-corrected chi connectivity index (χ2v) is 6.52. The Hall–Kier alpha value is -1.44. The lowest BCUT2D eigenvalue weighted by atomic mass is 10.2. The molecule has 2 atom stereocenters. The fraction of sp³-hybridized carbons (Fsp3) is 0.462. The minimum atomic E-state index is -3.60. The van der Waals surface area contributed by atoms with Crippen LogP contribution in [0.5, 0.6) is 0 Å². The molecule has 1 aliphatic heterocycles. The summed E-state index contributed by atoms with van der Waals surface area (Å²) in [5, 5.41) is 8.67. The molecule has 1 fully saturated rings. The molecule has 0 saturated carbocycles. The molecule has 2 unspecified atom stereocenters. The second-order valence-electron chi connectivity index (χ2n) is 4.81. The first kappa shape index (κ1) is 15.0. The standard InChI is InChI=1S/C13H17NO5S/c1-9-12(6-7-19-9)14-20(17,18)11-4-2-10(3-5-11)8-13(15)16/h2-5,9,12,14H,6-8H2,1H3,(H,15,16). The first-order valence-electron chi connectivity index (χ1n) is 6.33. The maximum absolute atomic E-state index is 12.2. The van der Waals surface area contributed by atoms with Crippen LogP contribution in [0.15, 0.2) is 29.2 Å². The van der Waals surface area contributed by atoms with E-state index in [0.717, 1.165) is 0 Å². The Labute approximate surface area is 117 Å². The van der Waals surface area contributed by atoms with Gasteiger partial charge in [-0.3, -0.25) is 4.79 Å². The number of nitrogens with one attached hydrogen (secondary N) is 1. The lowest BCUT2D eigenvalue weighted by molar-refractivity contribution is -0.136. The third-order valence-corrected chi connectivity index (χ3v) is 4.78. The van der Waals surface area contributed by atoms with E-state index in [9.17, 15) is 13.2 Å². The van der Waals surface area contributed by atoms with Crippen LogP contribution in [0, 0.1) is 0 Å². The van der Waals surface area contributed by atoms with Gasteiger partial charge in [-0.25, -0.2) is 13.1 Å². The average molecular weight is 299 g/mol. The van der Waals surface area contributed by atoms with Gasteiger partial charge in [-0.1, -0.05) is 12.1 Å². The van der Waals surface area contributed by atoms with E-state index >= 15 is 0 Å². The predicted molar refractivity (Wildman–Crippen MR) is 71.9 cm³/mol. The first-order valence-corrected chi connectivity index (χ1v) is 7.81. The molecule has 0 amide bonds. The highest BCUT2D eigenvalue weighted by atomic mass is 32.2. The van der Waals surface area contributed by atoms with Crippen LogP contribution >= 0.6 is 0 Å². The predicted octanol–water partition coefficient (Wildman–Crippen LogP) is 0.769. The molecule has 0 spiro atoms. The van der Waals surface area contributed by atoms with Gasteiger partial charge in [0.2, 0.25) is 10.0 Å². The van der Waals surface area contributed by atoms with Gasteiger partial charge in [0.15, 0.2) is 0 Å². The van der Waals surface area contributed by atoms with E-state index in [2.05, 4.69) is 4.72 Å². The maximum atomic E-state index is 12.2. The van der Waals surface area contributed by atoms with Gasteiger partial charge in [-0.15, -0.1) is 0 Å². The van der Waals surface area contributed by atoms with Crippen LogP contribution in [0.1, 0.15) is 18.9 Å². The molecule has 0 bridgehead atoms. The van der Waals surface area contributed by atoms with Crippen molar-refractivity contribution in [3.8, 4) is 0 Å². The zero-order valence-corrected chi connectivity index (χ0v) is 11.9. The zero-order valence-electron chi connectivity index (χ0n) is 11.1. The molecule has 1 heterocycles. The SMILES string of the molecule is CC1OCCC1NS(=O)(=O)c1ccc(CC(=O)O)cc1. The summed E-state index contributed by atoms with van der Waals surface area (Å²) < 4.78 is 32.3. The molecule has 110 valence electrons. The number of rotatable bonds is 5. The zero-order chi connectivity index (χ0) is 14.8. The summed E-state index contributed by atoms with van der Waals surface area (Å²) in [5.41, 5.74) is 0.564. The van der Waals surface area contributed by atoms with Gasteiger partial charge in [0.1, 0.15) is 0 Å². The Kier molecular flexibility index (Phi) is 4.42. The van der Waals surface area contributed by atoms with Crippen molar-refractivity contribution in [2.75, 3.05) is 6.61 Å². The van der Waals surface area contributed by atoms with Crippen LogP contribution in [-0.2, 0) is 26.0 Å². The molecule has 0 aliphatic carbocycles. The quantitative estimate of drug-likeness (QED) is 0.837. The summed E-state index contributed by atoms with van der Waals surface area (Å²) in [6, 6.07) is 5.63. The normalized spacial score (nSPS) is 22.9. The smallest absolute Gasteiger partial charge is 0.307 e. The molecule has 20 heavy (non-hydrogen) atoms. The monoisotopic (exact) mass is 299 g/mol. The third-order valence-electron chi connectivity index (χ3n) is 3.27. The largest absolute Gasteiger partial charge is 0.481 e. The van der Waals surface area contributed by atoms with Crippen molar-refractivity contribution >= 4 is 16.0 Å². The summed E-state index contributed by atoms with van der Waals surface area (Å²) in [6.45, 7) is 2.38. The molecule has 1 aromatic carbocycles. The van der Waals surface area contributed by atoms with Crippen molar-refractivity contribution in [1.29, 1.82) is 0 Å². The van der Waals surface area contributed by atoms with E-state index in [0.29, 0.717) is 18.6 Å². The first-order chi connectivity index (χ1) is 9.38. The van der Waals surface area contributed by atoms with Crippen LogP contribution in [0.2, 0.25) is 0 Å². The topological polar surface area (TPSA) is 92.7 Å². The summed E-state index contributed by atoms with van der Waals surface area (Å²) in [7, 11) is -3.60. The van der Waals surface area contributed by atoms with E-state index in [1.54, 1.807) is 0 Å². The number of ether oxygens (including phenoxy) is 1. The van der Waals surface area contributed by atoms with Crippen LogP contribution in [-0.4, -0.2) is 38.2 Å². The van der Waals surface area contributed by atoms with Crippen LogP contribution in [0.3, 0.4) is 0 Å². The Balaban J connectivity index is 2.11. The maximum Gasteiger partial charge on any atom is 0.307 e. The van der Waals surface area contributed by atoms with Crippen molar-refractivity contribution < 1.29 is 23.1 Å². The number of carboxylic acids is 1. The molecule has 7 heteroatoms. The number of benzene rings is 1. The van der Waals surface area contributed by atoms with Crippen LogP contribution in [0.4, 0.5) is 0 Å². The number of aliphatic carboxylic acids is 1. The van der Waals surface area contributed by atoms with Crippen molar-refractivity contribution in [1.82, 2.24) is 4.72 Å². The van der Waals surface area contributed by atoms with Gasteiger partial charge in [0.25, 0.3) is 0 Å². The summed E-state index contributed by atoms with van der Waals surface area (Å²) in [5.74, 6) is -0.948. The number of carboxylic acid groups (broad SMARTS) is 1. The van der Waals surface area contributed by atoms with Gasteiger partial charge in [-0.05, 0) is 31.0 Å². The second kappa shape index (κ2) is 5.90. The number of carbonyl (C=O) groups is 1. The minimum absolute atomic E-state index is 0.124. The van der Waals surface area contributed by atoms with Crippen molar-refractivity contribution in [3.63, 3.8) is 0 Å². The highest BCUT2D eigenvalue weighted by Gasteiger charge is 2.29. The van der Waals surface area contributed by atoms with Crippen LogP contribution < -0.4 is 4.72 Å². The molecule has 0 aromatic heterocycles. The van der Waals surface area contributed by atoms with E-state index in [1.165, 1.54) is 24.3 Å². The third kappa shape index (κ3) is 3.56. The minimum Gasteiger partial charge on any atom is -0.481 e. The fourth-order valence-corrected chi connectivity index (χ4v) is 3.45. The summed E-state index contributed by atoms with van der Waals surface area (Å²) in [6.07, 6.45) is 0.384. The molecular weight excluding hydrogens is 282 g/mol. The fourth-order valence-electron chi connectivity index (χ4n) is 2.11. The van der Waals surface area contributed by atoms with E-state index in [1.807, 2.05) is 6.92 Å². The molecule has 6 nitrogen and oxygen atoms in total. The van der Waals surface area contributed by atoms with Gasteiger partial charge in [0, 0.05) is 6.61 Å². The lowest BCUT2D eigenvalue weighted by Crippen LogP contribution is -2.39. The van der Waals surface area contributed by atoms with Crippen molar-refractivity contribution in [3.05, 3.63) is 29.8 Å². The Morgan fingerprint density at radius 3 is 2.55 bits per heavy atom. The van der Waals surface area contributed by atoms with E-state index in [-0.39, 0.29) is 23.5 Å². The summed E-state index contributed by atoms with van der Waals surface area (Å²) >= 11 is 0. The molecule has 2 rings (SSSR count). The van der Waals surface area contributed by atoms with E-state index in [4.69, 9.17) is 9.84 Å². The number of hydrogen-bond donors (Lipinski definition) is 2. The molecular formula is C13H17NO5S. The highest BCUT2D eigenvalue weighted by Crippen LogP contribution is 2.17. The summed E-state index contributed by atoms with van der Waals surface area (Å²) in [4.78, 5) is 10.7. The Bertz CT molecular complexity index is 581. The molecule has 0 radical (unpaired) electrons. The van der Waals surface area contributed by atoms with E-state index < -0.39 is 16.0 Å².